The molecule has 1 saturated heterocycles. The summed E-state index contributed by atoms with van der Waals surface area (Å²) in [6.07, 6.45) is 0. The molecule has 0 unspecified atom stereocenters. The van der Waals surface area contributed by atoms with Gasteiger partial charge in [-0.25, -0.2) is 4.79 Å². The Bertz CT molecular complexity index is 1250. The van der Waals surface area contributed by atoms with E-state index in [9.17, 15) is 4.79 Å². The van der Waals surface area contributed by atoms with Crippen LogP contribution in [-0.2, 0) is 0 Å². The van der Waals surface area contributed by atoms with Crippen LogP contribution in [0.2, 0.25) is 5.02 Å². The minimum absolute atomic E-state index is 0.143. The summed E-state index contributed by atoms with van der Waals surface area (Å²) in [7, 11) is 0. The van der Waals surface area contributed by atoms with Gasteiger partial charge < -0.3 is 15.1 Å². The Morgan fingerprint density at radius 3 is 2.34 bits per heavy atom. The van der Waals surface area contributed by atoms with Crippen LogP contribution < -0.4 is 10.2 Å². The number of nitrogens with zero attached hydrogens (tertiary/aromatic N) is 4. The lowest BCUT2D eigenvalue weighted by atomic mass is 10.0. The quantitative estimate of drug-likeness (QED) is 0.466. The fourth-order valence-electron chi connectivity index (χ4n) is 3.98. The number of para-hydroxylation sites is 1. The van der Waals surface area contributed by atoms with Gasteiger partial charge in [0.05, 0.1) is 16.4 Å². The molecule has 0 spiro atoms. The molecule has 1 aliphatic heterocycles. The standard InChI is InChI=1S/C25H22ClN5O/c26-21-10-3-4-11-23(21)27-25(32)31-16-14-30(15-17-31)24-13-12-22(28-29-24)20-9-5-7-18-6-1-2-8-19(18)20/h1-13H,14-17H2,(H,27,32). The molecule has 7 heteroatoms. The third-order valence-corrected chi connectivity index (χ3v) is 6.05. The van der Waals surface area contributed by atoms with E-state index in [2.05, 4.69) is 44.7 Å². The van der Waals surface area contributed by atoms with Crippen LogP contribution >= 0.6 is 11.6 Å². The van der Waals surface area contributed by atoms with Crippen molar-refractivity contribution in [2.24, 2.45) is 0 Å². The lowest BCUT2D eigenvalue weighted by Gasteiger charge is -2.35. The summed E-state index contributed by atoms with van der Waals surface area (Å²) in [5.74, 6) is 0.820. The second-order valence-electron chi connectivity index (χ2n) is 7.69. The van der Waals surface area contributed by atoms with Crippen molar-refractivity contribution in [3.8, 4) is 11.3 Å². The van der Waals surface area contributed by atoms with Gasteiger partial charge in [-0.1, -0.05) is 66.2 Å². The summed E-state index contributed by atoms with van der Waals surface area (Å²) in [4.78, 5) is 16.5. The second-order valence-corrected chi connectivity index (χ2v) is 8.09. The van der Waals surface area contributed by atoms with E-state index in [4.69, 9.17) is 11.6 Å². The van der Waals surface area contributed by atoms with Crippen molar-refractivity contribution in [2.75, 3.05) is 36.4 Å². The van der Waals surface area contributed by atoms with Gasteiger partial charge >= 0.3 is 6.03 Å². The predicted octanol–water partition coefficient (Wildman–Crippen LogP) is 5.30. The van der Waals surface area contributed by atoms with Crippen LogP contribution in [0.15, 0.2) is 78.9 Å². The number of fused-ring (bicyclic) bond motifs is 1. The zero-order valence-corrected chi connectivity index (χ0v) is 18.2. The van der Waals surface area contributed by atoms with Crippen molar-refractivity contribution in [3.05, 3.63) is 83.9 Å². The first-order valence-electron chi connectivity index (χ1n) is 10.6. The number of hydrogen-bond acceptors (Lipinski definition) is 4. The van der Waals surface area contributed by atoms with E-state index in [1.807, 2.05) is 42.5 Å². The van der Waals surface area contributed by atoms with E-state index >= 15 is 0 Å². The number of hydrogen-bond donors (Lipinski definition) is 1. The molecule has 0 radical (unpaired) electrons. The lowest BCUT2D eigenvalue weighted by Crippen LogP contribution is -2.50. The third-order valence-electron chi connectivity index (χ3n) is 5.72. The van der Waals surface area contributed by atoms with Crippen molar-refractivity contribution in [1.82, 2.24) is 15.1 Å². The molecule has 1 aromatic heterocycles. The van der Waals surface area contributed by atoms with E-state index in [1.165, 1.54) is 5.39 Å². The molecule has 5 rings (SSSR count). The SMILES string of the molecule is O=C(Nc1ccccc1Cl)N1CCN(c2ccc(-c3cccc4ccccc34)nn2)CC1. The highest BCUT2D eigenvalue weighted by molar-refractivity contribution is 6.33. The first-order valence-corrected chi connectivity index (χ1v) is 10.9. The molecule has 4 aromatic rings. The number of halogens is 1. The normalized spacial score (nSPS) is 13.9. The van der Waals surface area contributed by atoms with E-state index in [0.29, 0.717) is 36.9 Å². The largest absolute Gasteiger partial charge is 0.352 e. The molecule has 1 N–H and O–H groups in total. The van der Waals surface area contributed by atoms with Crippen molar-refractivity contribution in [1.29, 1.82) is 0 Å². The van der Waals surface area contributed by atoms with Crippen LogP contribution in [0, 0.1) is 0 Å². The van der Waals surface area contributed by atoms with Crippen molar-refractivity contribution >= 4 is 39.9 Å². The molecule has 1 aliphatic rings. The minimum Gasteiger partial charge on any atom is -0.352 e. The molecule has 160 valence electrons. The van der Waals surface area contributed by atoms with Gasteiger partial charge in [-0.15, -0.1) is 10.2 Å². The lowest BCUT2D eigenvalue weighted by molar-refractivity contribution is 0.208. The second kappa shape index (κ2) is 8.85. The van der Waals surface area contributed by atoms with Gasteiger partial charge in [-0.05, 0) is 35.0 Å². The number of anilines is 2. The number of benzene rings is 3. The number of aromatic nitrogens is 2. The van der Waals surface area contributed by atoms with Crippen LogP contribution in [0.25, 0.3) is 22.0 Å². The molecule has 2 amide bonds. The van der Waals surface area contributed by atoms with Gasteiger partial charge in [0.15, 0.2) is 5.82 Å². The van der Waals surface area contributed by atoms with Gasteiger partial charge in [0.25, 0.3) is 0 Å². The number of nitrogens with one attached hydrogen (secondary N) is 1. The van der Waals surface area contributed by atoms with Gasteiger partial charge in [-0.2, -0.15) is 0 Å². The van der Waals surface area contributed by atoms with Crippen molar-refractivity contribution in [3.63, 3.8) is 0 Å². The van der Waals surface area contributed by atoms with E-state index in [-0.39, 0.29) is 6.03 Å². The average Bonchev–Trinajstić information content (AvgIpc) is 2.85. The van der Waals surface area contributed by atoms with Gasteiger partial charge in [0, 0.05) is 31.7 Å². The summed E-state index contributed by atoms with van der Waals surface area (Å²) in [5, 5.41) is 14.7. The maximum atomic E-state index is 12.6. The Labute approximate surface area is 191 Å². The summed E-state index contributed by atoms with van der Waals surface area (Å²) >= 11 is 6.14. The number of piperazine rings is 1. The maximum absolute atomic E-state index is 12.6. The monoisotopic (exact) mass is 443 g/mol. The van der Waals surface area contributed by atoms with Crippen LogP contribution in [0.1, 0.15) is 0 Å². The van der Waals surface area contributed by atoms with Crippen LogP contribution in [0.4, 0.5) is 16.3 Å². The van der Waals surface area contributed by atoms with E-state index < -0.39 is 0 Å². The number of rotatable bonds is 3. The number of carbonyl (C=O) groups excluding carboxylic acids is 1. The first-order chi connectivity index (χ1) is 15.7. The zero-order chi connectivity index (χ0) is 21.9. The number of carbonyl (C=O) groups is 1. The van der Waals surface area contributed by atoms with Gasteiger partial charge in [0.2, 0.25) is 0 Å². The Kier molecular flexibility index (Phi) is 5.60. The summed E-state index contributed by atoms with van der Waals surface area (Å²) in [5.41, 5.74) is 2.54. The third kappa shape index (κ3) is 4.09. The predicted molar refractivity (Wildman–Crippen MR) is 129 cm³/mol. The summed E-state index contributed by atoms with van der Waals surface area (Å²) in [6.45, 7) is 2.59. The Morgan fingerprint density at radius 1 is 0.812 bits per heavy atom. The fraction of sp³-hybridized carbons (Fsp3) is 0.160. The zero-order valence-electron chi connectivity index (χ0n) is 17.4. The highest BCUT2D eigenvalue weighted by Gasteiger charge is 2.22. The number of amides is 2. The molecule has 0 atom stereocenters. The van der Waals surface area contributed by atoms with Crippen molar-refractivity contribution in [2.45, 2.75) is 0 Å². The smallest absolute Gasteiger partial charge is 0.322 e. The topological polar surface area (TPSA) is 61.4 Å². The molecular weight excluding hydrogens is 422 g/mol. The Morgan fingerprint density at radius 2 is 1.56 bits per heavy atom. The molecule has 6 nitrogen and oxygen atoms in total. The van der Waals surface area contributed by atoms with Crippen molar-refractivity contribution < 1.29 is 4.79 Å². The van der Waals surface area contributed by atoms with Crippen LogP contribution in [-0.4, -0.2) is 47.3 Å². The molecule has 3 aromatic carbocycles. The minimum atomic E-state index is -0.143. The Hall–Kier alpha value is -3.64. The molecular formula is C25H22ClN5O. The van der Waals surface area contributed by atoms with Crippen LogP contribution in [0.3, 0.4) is 0 Å². The van der Waals surface area contributed by atoms with Crippen LogP contribution in [0.5, 0.6) is 0 Å². The molecule has 1 fully saturated rings. The highest BCUT2D eigenvalue weighted by Crippen LogP contribution is 2.28. The molecule has 2 heterocycles. The highest BCUT2D eigenvalue weighted by atomic mass is 35.5. The van der Waals surface area contributed by atoms with Gasteiger partial charge in [-0.3, -0.25) is 0 Å². The average molecular weight is 444 g/mol. The molecule has 0 aliphatic carbocycles. The number of urea groups is 1. The molecule has 0 saturated carbocycles. The first kappa shape index (κ1) is 20.3. The molecule has 32 heavy (non-hydrogen) atoms. The van der Waals surface area contributed by atoms with E-state index in [0.717, 1.165) is 22.5 Å². The summed E-state index contributed by atoms with van der Waals surface area (Å²) in [6, 6.07) is 25.6. The Balaban J connectivity index is 1.24. The van der Waals surface area contributed by atoms with Gasteiger partial charge in [0.1, 0.15) is 0 Å². The molecule has 0 bridgehead atoms. The summed E-state index contributed by atoms with van der Waals surface area (Å²) < 4.78 is 0. The van der Waals surface area contributed by atoms with E-state index in [1.54, 1.807) is 17.0 Å². The fourth-order valence-corrected chi connectivity index (χ4v) is 4.16. The maximum Gasteiger partial charge on any atom is 0.322 e.